The third kappa shape index (κ3) is 4.76. The van der Waals surface area contributed by atoms with Gasteiger partial charge in [0.15, 0.2) is 5.82 Å². The minimum Gasteiger partial charge on any atom is -0.339 e. The predicted octanol–water partition coefficient (Wildman–Crippen LogP) is 3.97. The van der Waals surface area contributed by atoms with E-state index in [9.17, 15) is 4.79 Å². The molecule has 0 saturated carbocycles. The first kappa shape index (κ1) is 21.0. The molecule has 162 valence electrons. The Morgan fingerprint density at radius 3 is 2.48 bits per heavy atom. The van der Waals surface area contributed by atoms with Gasteiger partial charge in [-0.2, -0.15) is 10.1 Å². The molecule has 4 rings (SSSR count). The van der Waals surface area contributed by atoms with Gasteiger partial charge in [-0.1, -0.05) is 35.0 Å². The highest BCUT2D eigenvalue weighted by Gasteiger charge is 2.26. The zero-order chi connectivity index (χ0) is 22.0. The summed E-state index contributed by atoms with van der Waals surface area (Å²) in [6.07, 6.45) is 5.25. The van der Waals surface area contributed by atoms with Crippen LogP contribution in [-0.2, 0) is 11.3 Å². The van der Waals surface area contributed by atoms with Crippen molar-refractivity contribution >= 4 is 12.0 Å². The number of likely N-dealkylation sites (tertiary alicyclic amines) is 1. The standard InChI is InChI=1S/C24H29N5O2/c1-16-5-7-20(8-6-16)15-29-18(3)22(17(2)26-29)9-10-23(30)28-13-11-21(12-14-28)24-25-19(4)27-31-24/h5-10,21H,11-15H2,1-4H3. The predicted molar refractivity (Wildman–Crippen MR) is 119 cm³/mol. The van der Waals surface area contributed by atoms with Gasteiger partial charge in [0, 0.05) is 36.3 Å². The fourth-order valence-electron chi connectivity index (χ4n) is 4.06. The number of carbonyl (C=O) groups excluding carboxylic acids is 1. The number of aryl methyl sites for hydroxylation is 3. The molecule has 0 N–H and O–H groups in total. The largest absolute Gasteiger partial charge is 0.339 e. The molecule has 1 aromatic carbocycles. The zero-order valence-corrected chi connectivity index (χ0v) is 18.6. The van der Waals surface area contributed by atoms with Gasteiger partial charge >= 0.3 is 0 Å². The van der Waals surface area contributed by atoms with Gasteiger partial charge in [-0.25, -0.2) is 0 Å². The molecule has 7 nitrogen and oxygen atoms in total. The number of amides is 1. The fourth-order valence-corrected chi connectivity index (χ4v) is 4.06. The van der Waals surface area contributed by atoms with Gasteiger partial charge in [0.25, 0.3) is 0 Å². The average Bonchev–Trinajstić information content (AvgIpc) is 3.31. The Labute approximate surface area is 182 Å². The molecule has 2 aromatic heterocycles. The van der Waals surface area contributed by atoms with Crippen molar-refractivity contribution in [1.29, 1.82) is 0 Å². The van der Waals surface area contributed by atoms with Crippen molar-refractivity contribution in [1.82, 2.24) is 24.8 Å². The molecule has 1 fully saturated rings. The SMILES string of the molecule is Cc1ccc(Cn2nc(C)c(C=CC(=O)N3CCC(c4nc(C)no4)CC3)c2C)cc1. The Morgan fingerprint density at radius 1 is 1.13 bits per heavy atom. The second-order valence-electron chi connectivity index (χ2n) is 8.34. The fraction of sp³-hybridized carbons (Fsp3) is 0.417. The second-order valence-corrected chi connectivity index (χ2v) is 8.34. The molecule has 0 radical (unpaired) electrons. The maximum atomic E-state index is 12.7. The van der Waals surface area contributed by atoms with Gasteiger partial charge in [-0.15, -0.1) is 0 Å². The third-order valence-corrected chi connectivity index (χ3v) is 5.98. The molecule has 0 bridgehead atoms. The summed E-state index contributed by atoms with van der Waals surface area (Å²) >= 11 is 0. The summed E-state index contributed by atoms with van der Waals surface area (Å²) in [7, 11) is 0. The lowest BCUT2D eigenvalue weighted by Crippen LogP contribution is -2.36. The highest BCUT2D eigenvalue weighted by Crippen LogP contribution is 2.27. The van der Waals surface area contributed by atoms with Crippen LogP contribution in [0.4, 0.5) is 0 Å². The summed E-state index contributed by atoms with van der Waals surface area (Å²) in [5.74, 6) is 1.61. The molecule has 0 atom stereocenters. The van der Waals surface area contributed by atoms with Crippen molar-refractivity contribution < 1.29 is 9.32 Å². The maximum Gasteiger partial charge on any atom is 0.246 e. The first-order chi connectivity index (χ1) is 14.9. The Balaban J connectivity index is 1.38. The molecule has 7 heteroatoms. The monoisotopic (exact) mass is 419 g/mol. The van der Waals surface area contributed by atoms with E-state index >= 15 is 0 Å². The summed E-state index contributed by atoms with van der Waals surface area (Å²) in [6, 6.07) is 8.49. The van der Waals surface area contributed by atoms with E-state index in [2.05, 4.69) is 53.4 Å². The van der Waals surface area contributed by atoms with Gasteiger partial charge < -0.3 is 9.42 Å². The minimum atomic E-state index is 0.0326. The normalized spacial score (nSPS) is 15.2. The van der Waals surface area contributed by atoms with Gasteiger partial charge in [-0.05, 0) is 52.2 Å². The van der Waals surface area contributed by atoms with E-state index in [0.29, 0.717) is 24.8 Å². The molecule has 1 amide bonds. The van der Waals surface area contributed by atoms with Crippen LogP contribution >= 0.6 is 0 Å². The van der Waals surface area contributed by atoms with E-state index in [4.69, 9.17) is 4.52 Å². The Morgan fingerprint density at radius 2 is 1.84 bits per heavy atom. The molecular formula is C24H29N5O2. The van der Waals surface area contributed by atoms with Crippen molar-refractivity contribution in [3.05, 3.63) is 70.1 Å². The van der Waals surface area contributed by atoms with Crippen LogP contribution in [0.1, 0.15) is 58.6 Å². The molecule has 0 unspecified atom stereocenters. The lowest BCUT2D eigenvalue weighted by molar-refractivity contribution is -0.127. The number of rotatable bonds is 5. The first-order valence-corrected chi connectivity index (χ1v) is 10.8. The molecule has 0 spiro atoms. The van der Waals surface area contributed by atoms with Crippen LogP contribution in [0, 0.1) is 27.7 Å². The lowest BCUT2D eigenvalue weighted by Gasteiger charge is -2.29. The highest BCUT2D eigenvalue weighted by molar-refractivity contribution is 5.92. The van der Waals surface area contributed by atoms with Crippen LogP contribution < -0.4 is 0 Å². The minimum absolute atomic E-state index is 0.0326. The van der Waals surface area contributed by atoms with Crippen molar-refractivity contribution in [3.8, 4) is 0 Å². The topological polar surface area (TPSA) is 77.1 Å². The number of nitrogens with zero attached hydrogens (tertiary/aromatic N) is 5. The smallest absolute Gasteiger partial charge is 0.246 e. The van der Waals surface area contributed by atoms with Crippen molar-refractivity contribution in [3.63, 3.8) is 0 Å². The van der Waals surface area contributed by atoms with Crippen LogP contribution in [0.25, 0.3) is 6.08 Å². The van der Waals surface area contributed by atoms with E-state index in [-0.39, 0.29) is 11.8 Å². The molecular weight excluding hydrogens is 390 g/mol. The number of hydrogen-bond donors (Lipinski definition) is 0. The van der Waals surface area contributed by atoms with Crippen molar-refractivity contribution in [2.75, 3.05) is 13.1 Å². The van der Waals surface area contributed by atoms with Gasteiger partial charge in [-0.3, -0.25) is 9.48 Å². The maximum absolute atomic E-state index is 12.7. The second kappa shape index (κ2) is 8.88. The average molecular weight is 420 g/mol. The molecule has 1 saturated heterocycles. The van der Waals surface area contributed by atoms with Crippen LogP contribution in [0.3, 0.4) is 0 Å². The molecule has 3 heterocycles. The number of benzene rings is 1. The van der Waals surface area contributed by atoms with Crippen molar-refractivity contribution in [2.45, 2.75) is 53.0 Å². The summed E-state index contributed by atoms with van der Waals surface area (Å²) in [5.41, 5.74) is 5.46. The third-order valence-electron chi connectivity index (χ3n) is 5.98. The molecule has 1 aliphatic heterocycles. The summed E-state index contributed by atoms with van der Waals surface area (Å²) < 4.78 is 7.30. The van der Waals surface area contributed by atoms with Gasteiger partial charge in [0.1, 0.15) is 0 Å². The number of aromatic nitrogens is 4. The summed E-state index contributed by atoms with van der Waals surface area (Å²) in [6.45, 7) is 10.1. The zero-order valence-electron chi connectivity index (χ0n) is 18.6. The number of hydrogen-bond acceptors (Lipinski definition) is 5. The number of piperidine rings is 1. The van der Waals surface area contributed by atoms with Crippen LogP contribution in [-0.4, -0.2) is 43.8 Å². The molecule has 3 aromatic rings. The highest BCUT2D eigenvalue weighted by atomic mass is 16.5. The summed E-state index contributed by atoms with van der Waals surface area (Å²) in [5, 5.41) is 8.55. The first-order valence-electron chi connectivity index (χ1n) is 10.8. The van der Waals surface area contributed by atoms with E-state index in [1.807, 2.05) is 29.5 Å². The molecule has 1 aliphatic rings. The molecule has 31 heavy (non-hydrogen) atoms. The van der Waals surface area contributed by atoms with E-state index < -0.39 is 0 Å². The Hall–Kier alpha value is -3.22. The Bertz CT molecular complexity index is 1090. The lowest BCUT2D eigenvalue weighted by atomic mass is 9.96. The van der Waals surface area contributed by atoms with E-state index in [0.717, 1.165) is 36.3 Å². The quantitative estimate of drug-likeness (QED) is 0.585. The Kier molecular flexibility index (Phi) is 6.02. The van der Waals surface area contributed by atoms with Crippen LogP contribution in [0.5, 0.6) is 0 Å². The van der Waals surface area contributed by atoms with E-state index in [1.165, 1.54) is 11.1 Å². The van der Waals surface area contributed by atoms with Crippen LogP contribution in [0.15, 0.2) is 34.9 Å². The number of carbonyl (C=O) groups is 1. The van der Waals surface area contributed by atoms with Gasteiger partial charge in [0.05, 0.1) is 12.2 Å². The van der Waals surface area contributed by atoms with Gasteiger partial charge in [0.2, 0.25) is 11.8 Å². The summed E-state index contributed by atoms with van der Waals surface area (Å²) in [4.78, 5) is 18.9. The van der Waals surface area contributed by atoms with E-state index in [1.54, 1.807) is 6.08 Å². The van der Waals surface area contributed by atoms with Crippen molar-refractivity contribution in [2.24, 2.45) is 0 Å². The molecule has 0 aliphatic carbocycles. The van der Waals surface area contributed by atoms with Crippen LogP contribution in [0.2, 0.25) is 0 Å².